The fourth-order valence-electron chi connectivity index (χ4n) is 1.66. The second-order valence-corrected chi connectivity index (χ2v) is 4.17. The standard InChI is InChI=1S/C11H16N2O5/c14-8(3-1-2-4-10(16)17)12-7-5-6-9(15)13-11(7)18/h7H,1-6H2,(H,12,14)(H,16,17)(H,13,15,18). The van der Waals surface area contributed by atoms with Gasteiger partial charge in [-0.2, -0.15) is 0 Å². The molecule has 0 aliphatic carbocycles. The number of piperidine rings is 1. The smallest absolute Gasteiger partial charge is 0.303 e. The summed E-state index contributed by atoms with van der Waals surface area (Å²) in [6, 6.07) is -0.658. The first kappa shape index (κ1) is 14.1. The zero-order valence-corrected chi connectivity index (χ0v) is 9.90. The molecule has 7 heteroatoms. The molecule has 0 aromatic carbocycles. The quantitative estimate of drug-likeness (QED) is 0.440. The second-order valence-electron chi connectivity index (χ2n) is 4.17. The van der Waals surface area contributed by atoms with E-state index in [-0.39, 0.29) is 31.1 Å². The van der Waals surface area contributed by atoms with Crippen molar-refractivity contribution in [3.05, 3.63) is 0 Å². The van der Waals surface area contributed by atoms with Crippen molar-refractivity contribution in [2.45, 2.75) is 44.6 Å². The van der Waals surface area contributed by atoms with Crippen molar-refractivity contribution in [1.82, 2.24) is 10.6 Å². The SMILES string of the molecule is O=C(O)CCCCC(=O)NC1CCC(=O)NC1=O. The van der Waals surface area contributed by atoms with E-state index in [4.69, 9.17) is 5.11 Å². The van der Waals surface area contributed by atoms with Crippen molar-refractivity contribution in [1.29, 1.82) is 0 Å². The first-order chi connectivity index (χ1) is 8.49. The van der Waals surface area contributed by atoms with Crippen molar-refractivity contribution in [3.8, 4) is 0 Å². The number of imide groups is 1. The van der Waals surface area contributed by atoms with E-state index in [1.165, 1.54) is 0 Å². The summed E-state index contributed by atoms with van der Waals surface area (Å²) in [6.45, 7) is 0. The van der Waals surface area contributed by atoms with E-state index in [2.05, 4.69) is 10.6 Å². The number of carboxylic acid groups (broad SMARTS) is 1. The highest BCUT2D eigenvalue weighted by atomic mass is 16.4. The van der Waals surface area contributed by atoms with Crippen molar-refractivity contribution in [3.63, 3.8) is 0 Å². The molecule has 1 fully saturated rings. The zero-order chi connectivity index (χ0) is 13.5. The van der Waals surface area contributed by atoms with Gasteiger partial charge in [-0.3, -0.25) is 24.5 Å². The van der Waals surface area contributed by atoms with Gasteiger partial charge in [0.1, 0.15) is 6.04 Å². The maximum absolute atomic E-state index is 11.5. The molecule has 0 saturated carbocycles. The Bertz CT molecular complexity index is 366. The molecule has 1 heterocycles. The van der Waals surface area contributed by atoms with Gasteiger partial charge in [0.15, 0.2) is 0 Å². The van der Waals surface area contributed by atoms with E-state index >= 15 is 0 Å². The molecule has 18 heavy (non-hydrogen) atoms. The lowest BCUT2D eigenvalue weighted by atomic mass is 10.1. The molecule has 0 radical (unpaired) electrons. The van der Waals surface area contributed by atoms with E-state index in [1.54, 1.807) is 0 Å². The van der Waals surface area contributed by atoms with Gasteiger partial charge in [-0.05, 0) is 19.3 Å². The molecule has 0 aromatic rings. The molecule has 1 saturated heterocycles. The number of carbonyl (C=O) groups is 4. The minimum absolute atomic E-state index is 0.0334. The normalized spacial score (nSPS) is 19.2. The predicted molar refractivity (Wildman–Crippen MR) is 60.4 cm³/mol. The molecule has 1 aliphatic rings. The minimum atomic E-state index is -0.888. The van der Waals surface area contributed by atoms with Gasteiger partial charge in [0.25, 0.3) is 0 Å². The molecule has 3 amide bonds. The topological polar surface area (TPSA) is 113 Å². The van der Waals surface area contributed by atoms with Crippen LogP contribution >= 0.6 is 0 Å². The van der Waals surface area contributed by atoms with Gasteiger partial charge in [0.2, 0.25) is 17.7 Å². The summed E-state index contributed by atoms with van der Waals surface area (Å²) < 4.78 is 0. The summed E-state index contributed by atoms with van der Waals surface area (Å²) >= 11 is 0. The second kappa shape index (κ2) is 6.73. The van der Waals surface area contributed by atoms with Gasteiger partial charge in [0, 0.05) is 19.3 Å². The summed E-state index contributed by atoms with van der Waals surface area (Å²) in [5.41, 5.74) is 0. The van der Waals surface area contributed by atoms with Crippen LogP contribution in [0.1, 0.15) is 38.5 Å². The van der Waals surface area contributed by atoms with Gasteiger partial charge < -0.3 is 10.4 Å². The fraction of sp³-hybridized carbons (Fsp3) is 0.636. The third-order valence-corrected chi connectivity index (χ3v) is 2.62. The van der Waals surface area contributed by atoms with E-state index in [9.17, 15) is 19.2 Å². The summed E-state index contributed by atoms with van der Waals surface area (Å²) in [5.74, 6) is -1.99. The highest BCUT2D eigenvalue weighted by Crippen LogP contribution is 2.06. The highest BCUT2D eigenvalue weighted by molar-refractivity contribution is 6.01. The Labute approximate surface area is 104 Å². The molecule has 1 aliphatic heterocycles. The van der Waals surface area contributed by atoms with Crippen molar-refractivity contribution >= 4 is 23.7 Å². The molecule has 0 aromatic heterocycles. The van der Waals surface area contributed by atoms with Crippen LogP contribution in [-0.4, -0.2) is 34.8 Å². The minimum Gasteiger partial charge on any atom is -0.481 e. The third-order valence-electron chi connectivity index (χ3n) is 2.62. The molecule has 3 N–H and O–H groups in total. The number of aliphatic carboxylic acids is 1. The Morgan fingerprint density at radius 1 is 1.28 bits per heavy atom. The van der Waals surface area contributed by atoms with E-state index in [0.29, 0.717) is 19.3 Å². The number of amides is 3. The maximum atomic E-state index is 11.5. The molecule has 1 atom stereocenters. The molecule has 1 rings (SSSR count). The Kier molecular flexibility index (Phi) is 5.29. The van der Waals surface area contributed by atoms with E-state index in [0.717, 1.165) is 0 Å². The van der Waals surface area contributed by atoms with Crippen LogP contribution < -0.4 is 10.6 Å². The Balaban J connectivity index is 2.21. The third kappa shape index (κ3) is 4.94. The van der Waals surface area contributed by atoms with Crippen LogP contribution in [0.2, 0.25) is 0 Å². The van der Waals surface area contributed by atoms with Crippen molar-refractivity contribution in [2.75, 3.05) is 0 Å². The van der Waals surface area contributed by atoms with Crippen LogP contribution in [0.25, 0.3) is 0 Å². The number of hydrogen-bond acceptors (Lipinski definition) is 4. The van der Waals surface area contributed by atoms with Gasteiger partial charge >= 0.3 is 5.97 Å². The van der Waals surface area contributed by atoms with Crippen LogP contribution in [0.5, 0.6) is 0 Å². The van der Waals surface area contributed by atoms with Gasteiger partial charge in [-0.1, -0.05) is 0 Å². The van der Waals surface area contributed by atoms with Crippen molar-refractivity contribution in [2.24, 2.45) is 0 Å². The molecular formula is C11H16N2O5. The molecule has 0 spiro atoms. The van der Waals surface area contributed by atoms with Crippen molar-refractivity contribution < 1.29 is 24.3 Å². The van der Waals surface area contributed by atoms with Gasteiger partial charge in [-0.15, -0.1) is 0 Å². The van der Waals surface area contributed by atoms with Gasteiger partial charge in [-0.25, -0.2) is 0 Å². The molecular weight excluding hydrogens is 240 g/mol. The Morgan fingerprint density at radius 3 is 2.56 bits per heavy atom. The first-order valence-corrected chi connectivity index (χ1v) is 5.84. The monoisotopic (exact) mass is 256 g/mol. The van der Waals surface area contributed by atoms with E-state index in [1.807, 2.05) is 0 Å². The average molecular weight is 256 g/mol. The zero-order valence-electron chi connectivity index (χ0n) is 9.90. The maximum Gasteiger partial charge on any atom is 0.303 e. The molecule has 1 unspecified atom stereocenters. The first-order valence-electron chi connectivity index (χ1n) is 5.84. The number of unbranched alkanes of at least 4 members (excludes halogenated alkanes) is 1. The largest absolute Gasteiger partial charge is 0.481 e. The fourth-order valence-corrected chi connectivity index (χ4v) is 1.66. The lowest BCUT2D eigenvalue weighted by Crippen LogP contribution is -2.52. The Hall–Kier alpha value is -1.92. The van der Waals surface area contributed by atoms with Crippen LogP contribution in [0.15, 0.2) is 0 Å². The van der Waals surface area contributed by atoms with E-state index < -0.39 is 17.9 Å². The molecule has 100 valence electrons. The number of carboxylic acids is 1. The number of carbonyl (C=O) groups excluding carboxylic acids is 3. The summed E-state index contributed by atoms with van der Waals surface area (Å²) in [5, 5.41) is 13.1. The number of rotatable bonds is 6. The van der Waals surface area contributed by atoms with Crippen LogP contribution in [0.4, 0.5) is 0 Å². The summed E-state index contributed by atoms with van der Waals surface area (Å²) in [6.07, 6.45) is 1.64. The van der Waals surface area contributed by atoms with Gasteiger partial charge in [0.05, 0.1) is 0 Å². The number of nitrogens with one attached hydrogen (secondary N) is 2. The highest BCUT2D eigenvalue weighted by Gasteiger charge is 2.27. The van der Waals surface area contributed by atoms with Crippen LogP contribution in [0, 0.1) is 0 Å². The van der Waals surface area contributed by atoms with Crippen LogP contribution in [0.3, 0.4) is 0 Å². The number of hydrogen-bond donors (Lipinski definition) is 3. The summed E-state index contributed by atoms with van der Waals surface area (Å²) in [7, 11) is 0. The Morgan fingerprint density at radius 2 is 1.94 bits per heavy atom. The molecule has 0 bridgehead atoms. The van der Waals surface area contributed by atoms with Crippen LogP contribution in [-0.2, 0) is 19.2 Å². The summed E-state index contributed by atoms with van der Waals surface area (Å²) in [4.78, 5) is 43.9. The molecule has 7 nitrogen and oxygen atoms in total. The lowest BCUT2D eigenvalue weighted by Gasteiger charge is -2.21. The lowest BCUT2D eigenvalue weighted by molar-refractivity contribution is -0.137. The predicted octanol–water partition coefficient (Wildman–Crippen LogP) is -0.447. The average Bonchev–Trinajstić information content (AvgIpc) is 2.28.